The van der Waals surface area contributed by atoms with E-state index in [9.17, 15) is 14.4 Å². The fraction of sp³-hybridized carbons (Fsp3) is 0.632. The highest BCUT2D eigenvalue weighted by Gasteiger charge is 2.58. The molecule has 1 saturated carbocycles. The second-order valence-corrected chi connectivity index (χ2v) is 8.91. The van der Waals surface area contributed by atoms with E-state index in [-0.39, 0.29) is 47.3 Å². The van der Waals surface area contributed by atoms with E-state index in [0.29, 0.717) is 11.6 Å². The smallest absolute Gasteiger partial charge is 0.249 e. The van der Waals surface area contributed by atoms with Crippen molar-refractivity contribution in [3.63, 3.8) is 0 Å². The Labute approximate surface area is 162 Å². The molecule has 0 unspecified atom stereocenters. The van der Waals surface area contributed by atoms with Gasteiger partial charge in [-0.3, -0.25) is 24.6 Å². The Morgan fingerprint density at radius 2 is 1.78 bits per heavy atom. The number of hydrogen-bond acceptors (Lipinski definition) is 6. The second-order valence-electron chi connectivity index (χ2n) is 7.90. The van der Waals surface area contributed by atoms with Gasteiger partial charge in [0.05, 0.1) is 11.8 Å². The van der Waals surface area contributed by atoms with Crippen LogP contribution in [0.2, 0.25) is 0 Å². The van der Waals surface area contributed by atoms with Gasteiger partial charge in [0.2, 0.25) is 22.9 Å². The second kappa shape index (κ2) is 6.82. The molecule has 1 aromatic heterocycles. The molecule has 1 aromatic rings. The van der Waals surface area contributed by atoms with Gasteiger partial charge in [-0.05, 0) is 31.1 Å². The number of nitrogens with one attached hydrogen (secondary N) is 1. The molecule has 5 rings (SSSR count). The number of allylic oxidation sites excluding steroid dienone is 2. The maximum absolute atomic E-state index is 13.1. The number of aromatic nitrogens is 2. The van der Waals surface area contributed by atoms with Crippen LogP contribution in [0.3, 0.4) is 0 Å². The van der Waals surface area contributed by atoms with Gasteiger partial charge in [0.1, 0.15) is 11.0 Å². The minimum Gasteiger partial charge on any atom is -0.299 e. The molecule has 2 fully saturated rings. The Bertz CT molecular complexity index is 786. The lowest BCUT2D eigenvalue weighted by Crippen LogP contribution is -2.47. The molecule has 0 aromatic carbocycles. The monoisotopic (exact) mass is 388 g/mol. The van der Waals surface area contributed by atoms with Crippen molar-refractivity contribution < 1.29 is 14.4 Å². The lowest BCUT2D eigenvalue weighted by atomic mass is 9.63. The molecule has 1 aliphatic heterocycles. The number of fused-ring (bicyclic) bond motifs is 1. The van der Waals surface area contributed by atoms with Gasteiger partial charge < -0.3 is 0 Å². The minimum absolute atomic E-state index is 0.124. The Balaban J connectivity index is 1.54. The van der Waals surface area contributed by atoms with Gasteiger partial charge in [0.15, 0.2) is 0 Å². The van der Waals surface area contributed by atoms with E-state index >= 15 is 0 Å². The van der Waals surface area contributed by atoms with Gasteiger partial charge in [-0.2, -0.15) is 0 Å². The van der Waals surface area contributed by atoms with E-state index < -0.39 is 6.04 Å². The summed E-state index contributed by atoms with van der Waals surface area (Å²) in [6.07, 6.45) is 6.43. The fourth-order valence-electron chi connectivity index (χ4n) is 4.60. The average Bonchev–Trinajstić information content (AvgIpc) is 3.23. The molecular weight excluding hydrogens is 364 g/mol. The van der Waals surface area contributed by atoms with E-state index in [0.717, 1.165) is 17.8 Å². The van der Waals surface area contributed by atoms with Crippen LogP contribution in [0.1, 0.15) is 51.0 Å². The van der Waals surface area contributed by atoms with Crippen molar-refractivity contribution in [2.24, 2.45) is 23.7 Å². The maximum Gasteiger partial charge on any atom is 0.249 e. The van der Waals surface area contributed by atoms with Crippen LogP contribution in [0.4, 0.5) is 5.13 Å². The number of amides is 3. The van der Waals surface area contributed by atoms with Crippen LogP contribution < -0.4 is 5.32 Å². The lowest BCUT2D eigenvalue weighted by molar-refractivity contribution is -0.146. The SMILES string of the molecule is CC[C@H](C(=O)Nc1nnc(C(C)C)s1)N1C(=O)[C@@H]2[C@@H](C1=O)[C@H]1C=C[C@H]2CC1. The van der Waals surface area contributed by atoms with Gasteiger partial charge in [-0.15, -0.1) is 10.2 Å². The molecule has 27 heavy (non-hydrogen) atoms. The number of carbonyl (C=O) groups is 3. The first-order chi connectivity index (χ1) is 12.9. The van der Waals surface area contributed by atoms with Crippen LogP contribution in [0, 0.1) is 23.7 Å². The predicted molar refractivity (Wildman–Crippen MR) is 101 cm³/mol. The summed E-state index contributed by atoms with van der Waals surface area (Å²) in [6.45, 7) is 5.83. The zero-order valence-corrected chi connectivity index (χ0v) is 16.5. The van der Waals surface area contributed by atoms with E-state index in [1.807, 2.05) is 20.8 Å². The van der Waals surface area contributed by atoms with Crippen LogP contribution in [0.25, 0.3) is 0 Å². The van der Waals surface area contributed by atoms with Crippen molar-refractivity contribution in [2.45, 2.75) is 52.0 Å². The number of imide groups is 1. The molecule has 3 aliphatic carbocycles. The van der Waals surface area contributed by atoms with Gasteiger partial charge >= 0.3 is 0 Å². The minimum atomic E-state index is -0.804. The molecule has 144 valence electrons. The summed E-state index contributed by atoms with van der Waals surface area (Å²) in [5, 5.41) is 12.1. The average molecular weight is 388 g/mol. The van der Waals surface area contributed by atoms with Gasteiger partial charge in [0, 0.05) is 5.92 Å². The maximum atomic E-state index is 13.1. The van der Waals surface area contributed by atoms with Crippen molar-refractivity contribution in [2.75, 3.05) is 5.32 Å². The molecule has 0 spiro atoms. The molecule has 0 radical (unpaired) electrons. The van der Waals surface area contributed by atoms with E-state index in [1.165, 1.54) is 16.2 Å². The first-order valence-corrected chi connectivity index (χ1v) is 10.4. The summed E-state index contributed by atoms with van der Waals surface area (Å²) in [6, 6.07) is -0.804. The first kappa shape index (κ1) is 18.3. The van der Waals surface area contributed by atoms with Crippen LogP contribution in [-0.2, 0) is 14.4 Å². The summed E-state index contributed by atoms with van der Waals surface area (Å²) in [5.74, 6) is -0.864. The van der Waals surface area contributed by atoms with Crippen LogP contribution in [0.15, 0.2) is 12.2 Å². The topological polar surface area (TPSA) is 92.3 Å². The zero-order valence-electron chi connectivity index (χ0n) is 15.7. The van der Waals surface area contributed by atoms with Crippen LogP contribution >= 0.6 is 11.3 Å². The van der Waals surface area contributed by atoms with E-state index in [4.69, 9.17) is 0 Å². The van der Waals surface area contributed by atoms with Gasteiger partial charge in [-0.25, -0.2) is 0 Å². The molecule has 4 aliphatic rings. The Morgan fingerprint density at radius 1 is 1.19 bits per heavy atom. The highest BCUT2D eigenvalue weighted by molar-refractivity contribution is 7.15. The summed E-state index contributed by atoms with van der Waals surface area (Å²) in [4.78, 5) is 40.2. The Morgan fingerprint density at radius 3 is 2.22 bits per heavy atom. The van der Waals surface area contributed by atoms with Crippen LogP contribution in [-0.4, -0.2) is 38.9 Å². The third-order valence-corrected chi connectivity index (χ3v) is 7.10. The third kappa shape index (κ3) is 2.90. The highest BCUT2D eigenvalue weighted by atomic mass is 32.1. The predicted octanol–water partition coefficient (Wildman–Crippen LogP) is 2.58. The molecule has 3 amide bonds. The quantitative estimate of drug-likeness (QED) is 0.618. The van der Waals surface area contributed by atoms with E-state index in [1.54, 1.807) is 0 Å². The van der Waals surface area contributed by atoms with Crippen molar-refractivity contribution >= 4 is 34.2 Å². The molecule has 2 bridgehead atoms. The summed E-state index contributed by atoms with van der Waals surface area (Å²) in [5.41, 5.74) is 0. The van der Waals surface area contributed by atoms with Crippen molar-refractivity contribution in [3.8, 4) is 0 Å². The van der Waals surface area contributed by atoms with E-state index in [2.05, 4.69) is 27.7 Å². The molecule has 7 nitrogen and oxygen atoms in total. The lowest BCUT2D eigenvalue weighted by Gasteiger charge is -2.38. The zero-order chi connectivity index (χ0) is 19.3. The molecule has 1 saturated heterocycles. The Hall–Kier alpha value is -2.09. The number of carbonyl (C=O) groups excluding carboxylic acids is 3. The normalized spacial score (nSPS) is 30.1. The van der Waals surface area contributed by atoms with Gasteiger partial charge in [0.25, 0.3) is 0 Å². The standard InChI is InChI=1S/C19H24N4O3S/c1-4-12(15(24)20-19-22-21-16(27-19)9(2)3)23-17(25)13-10-5-6-11(8-7-10)14(13)18(23)26/h5-6,9-14H,4,7-8H2,1-3H3,(H,20,22,24)/t10-,11-,12+,13-,14-/m0/s1. The number of anilines is 1. The summed E-state index contributed by atoms with van der Waals surface area (Å²) < 4.78 is 0. The Kier molecular flexibility index (Phi) is 4.61. The summed E-state index contributed by atoms with van der Waals surface area (Å²) >= 11 is 1.32. The van der Waals surface area contributed by atoms with Crippen molar-refractivity contribution in [3.05, 3.63) is 17.2 Å². The number of rotatable bonds is 5. The van der Waals surface area contributed by atoms with Gasteiger partial charge in [-0.1, -0.05) is 44.3 Å². The highest BCUT2D eigenvalue weighted by Crippen LogP contribution is 2.50. The number of nitrogens with zero attached hydrogens (tertiary/aromatic N) is 3. The van der Waals surface area contributed by atoms with Crippen molar-refractivity contribution in [1.29, 1.82) is 0 Å². The first-order valence-electron chi connectivity index (χ1n) is 9.61. The third-order valence-electron chi connectivity index (χ3n) is 5.96. The molecule has 5 atom stereocenters. The number of hydrogen-bond donors (Lipinski definition) is 1. The number of likely N-dealkylation sites (tertiary alicyclic amines) is 1. The summed E-state index contributed by atoms with van der Waals surface area (Å²) in [7, 11) is 0. The fourth-order valence-corrected chi connectivity index (χ4v) is 5.35. The molecule has 2 heterocycles. The van der Waals surface area contributed by atoms with Crippen LogP contribution in [0.5, 0.6) is 0 Å². The largest absolute Gasteiger partial charge is 0.299 e. The molecule has 1 N–H and O–H groups in total. The molecule has 8 heteroatoms. The molecular formula is C19H24N4O3S. The van der Waals surface area contributed by atoms with Crippen molar-refractivity contribution in [1.82, 2.24) is 15.1 Å².